The molecule has 1 unspecified atom stereocenters. The van der Waals surface area contributed by atoms with Gasteiger partial charge in [-0.2, -0.15) is 0 Å². The first-order valence-corrected chi connectivity index (χ1v) is 11.4. The van der Waals surface area contributed by atoms with Crippen molar-refractivity contribution in [2.24, 2.45) is 0 Å². The van der Waals surface area contributed by atoms with Crippen LogP contribution in [-0.4, -0.2) is 6.61 Å². The van der Waals surface area contributed by atoms with Gasteiger partial charge in [-0.25, -0.2) is 0 Å². The summed E-state index contributed by atoms with van der Waals surface area (Å²) in [6, 6.07) is 23.2. The van der Waals surface area contributed by atoms with E-state index < -0.39 is 0 Å². The Kier molecular flexibility index (Phi) is 10.9. The third-order valence-electron chi connectivity index (χ3n) is 5.20. The molecule has 0 aliphatic heterocycles. The lowest BCUT2D eigenvalue weighted by Gasteiger charge is -2.20. The molecule has 0 aromatic heterocycles. The smallest absolute Gasteiger partial charge is 0.180 e. The molecule has 0 fully saturated rings. The molecular formula is C27H33Cl2NO2. The van der Waals surface area contributed by atoms with Crippen LogP contribution in [0, 0.1) is 6.92 Å². The zero-order valence-corrected chi connectivity index (χ0v) is 20.6. The zero-order chi connectivity index (χ0) is 22.1. The molecule has 0 radical (unpaired) electrons. The van der Waals surface area contributed by atoms with Gasteiger partial charge in [0.1, 0.15) is 6.61 Å². The Labute approximate surface area is 203 Å². The molecule has 0 spiro atoms. The standard InChI is InChI=1S/C27H32ClNO2.ClH/c1-4-9-25(23-10-7-6-8-11-23)29-18-22-16-24(28)27(26(17-22)30-5-2)31-19-21-14-12-20(3)13-15-21;/h6-8,10-17,25,29H,4-5,9,18-19H2,1-3H3;1H. The minimum absolute atomic E-state index is 0. The van der Waals surface area contributed by atoms with Crippen molar-refractivity contribution < 1.29 is 9.47 Å². The average Bonchev–Trinajstić information content (AvgIpc) is 2.78. The monoisotopic (exact) mass is 473 g/mol. The molecule has 1 atom stereocenters. The van der Waals surface area contributed by atoms with Gasteiger partial charge in [0.15, 0.2) is 11.5 Å². The van der Waals surface area contributed by atoms with Crippen LogP contribution in [-0.2, 0) is 13.2 Å². The number of aryl methyl sites for hydroxylation is 1. The van der Waals surface area contributed by atoms with E-state index in [0.29, 0.717) is 42.3 Å². The highest BCUT2D eigenvalue weighted by Crippen LogP contribution is 2.37. The molecule has 0 bridgehead atoms. The van der Waals surface area contributed by atoms with Gasteiger partial charge in [-0.05, 0) is 49.1 Å². The summed E-state index contributed by atoms with van der Waals surface area (Å²) in [5.74, 6) is 1.28. The highest BCUT2D eigenvalue weighted by atomic mass is 35.5. The largest absolute Gasteiger partial charge is 0.490 e. The summed E-state index contributed by atoms with van der Waals surface area (Å²) in [5.41, 5.74) is 4.71. The van der Waals surface area contributed by atoms with E-state index in [1.165, 1.54) is 11.1 Å². The zero-order valence-electron chi connectivity index (χ0n) is 19.1. The van der Waals surface area contributed by atoms with E-state index in [1.54, 1.807) is 0 Å². The van der Waals surface area contributed by atoms with E-state index in [-0.39, 0.29) is 12.4 Å². The van der Waals surface area contributed by atoms with Crippen molar-refractivity contribution in [3.8, 4) is 11.5 Å². The predicted octanol–water partition coefficient (Wildman–Crippen LogP) is 7.68. The fourth-order valence-electron chi connectivity index (χ4n) is 3.57. The summed E-state index contributed by atoms with van der Waals surface area (Å²) < 4.78 is 11.9. The highest BCUT2D eigenvalue weighted by Gasteiger charge is 2.15. The number of nitrogens with one attached hydrogen (secondary N) is 1. The van der Waals surface area contributed by atoms with Crippen LogP contribution in [0.4, 0.5) is 0 Å². The van der Waals surface area contributed by atoms with Crippen LogP contribution >= 0.6 is 24.0 Å². The number of rotatable bonds is 11. The fraction of sp³-hybridized carbons (Fsp3) is 0.333. The first-order chi connectivity index (χ1) is 15.1. The lowest BCUT2D eigenvalue weighted by molar-refractivity contribution is 0.269. The van der Waals surface area contributed by atoms with E-state index in [9.17, 15) is 0 Å². The maximum Gasteiger partial charge on any atom is 0.180 e. The van der Waals surface area contributed by atoms with Crippen LogP contribution in [0.5, 0.6) is 11.5 Å². The Morgan fingerprint density at radius 1 is 0.906 bits per heavy atom. The minimum atomic E-state index is 0. The third kappa shape index (κ3) is 7.44. The second-order valence-electron chi connectivity index (χ2n) is 7.75. The fourth-order valence-corrected chi connectivity index (χ4v) is 3.86. The average molecular weight is 474 g/mol. The Bertz CT molecular complexity index is 946. The molecule has 32 heavy (non-hydrogen) atoms. The molecule has 0 amide bonds. The van der Waals surface area contributed by atoms with Gasteiger partial charge in [0.25, 0.3) is 0 Å². The van der Waals surface area contributed by atoms with Crippen LogP contribution in [0.1, 0.15) is 55.0 Å². The first-order valence-electron chi connectivity index (χ1n) is 11.0. The molecule has 3 rings (SSSR count). The molecule has 5 heteroatoms. The summed E-state index contributed by atoms with van der Waals surface area (Å²) in [7, 11) is 0. The van der Waals surface area contributed by atoms with Crippen molar-refractivity contribution in [1.82, 2.24) is 5.32 Å². The molecule has 3 aromatic carbocycles. The van der Waals surface area contributed by atoms with E-state index in [4.69, 9.17) is 21.1 Å². The maximum atomic E-state index is 6.62. The molecule has 1 N–H and O–H groups in total. The van der Waals surface area contributed by atoms with Crippen LogP contribution < -0.4 is 14.8 Å². The normalized spacial score (nSPS) is 11.5. The second-order valence-corrected chi connectivity index (χ2v) is 8.15. The second kappa shape index (κ2) is 13.4. The summed E-state index contributed by atoms with van der Waals surface area (Å²) in [5, 5.41) is 4.25. The maximum absolute atomic E-state index is 6.62. The van der Waals surface area contributed by atoms with E-state index in [1.807, 2.05) is 19.1 Å². The molecule has 3 aromatic rings. The van der Waals surface area contributed by atoms with Crippen molar-refractivity contribution in [3.05, 3.63) is 94.0 Å². The first kappa shape index (κ1) is 26.1. The summed E-state index contributed by atoms with van der Waals surface area (Å²) in [6.45, 7) is 7.96. The quantitative estimate of drug-likeness (QED) is 0.309. The Hall–Kier alpha value is -2.20. The number of ether oxygens (including phenoxy) is 2. The lowest BCUT2D eigenvalue weighted by atomic mass is 10.0. The number of benzene rings is 3. The lowest BCUT2D eigenvalue weighted by Crippen LogP contribution is -2.21. The van der Waals surface area contributed by atoms with Crippen LogP contribution in [0.3, 0.4) is 0 Å². The molecule has 0 heterocycles. The van der Waals surface area contributed by atoms with Gasteiger partial charge in [-0.15, -0.1) is 12.4 Å². The SMILES string of the molecule is CCCC(NCc1cc(Cl)c(OCc2ccc(C)cc2)c(OCC)c1)c1ccccc1.Cl. The minimum Gasteiger partial charge on any atom is -0.490 e. The van der Waals surface area contributed by atoms with Crippen molar-refractivity contribution in [3.63, 3.8) is 0 Å². The highest BCUT2D eigenvalue weighted by molar-refractivity contribution is 6.32. The van der Waals surface area contributed by atoms with E-state index >= 15 is 0 Å². The van der Waals surface area contributed by atoms with Gasteiger partial charge in [0, 0.05) is 12.6 Å². The predicted molar refractivity (Wildman–Crippen MR) is 136 cm³/mol. The van der Waals surface area contributed by atoms with E-state index in [0.717, 1.165) is 24.0 Å². The molecule has 172 valence electrons. The molecule has 3 nitrogen and oxygen atoms in total. The third-order valence-corrected chi connectivity index (χ3v) is 5.49. The van der Waals surface area contributed by atoms with Gasteiger partial charge < -0.3 is 14.8 Å². The summed E-state index contributed by atoms with van der Waals surface area (Å²) in [4.78, 5) is 0. The summed E-state index contributed by atoms with van der Waals surface area (Å²) >= 11 is 6.62. The van der Waals surface area contributed by atoms with Crippen LogP contribution in [0.25, 0.3) is 0 Å². The molecular weight excluding hydrogens is 441 g/mol. The van der Waals surface area contributed by atoms with Crippen LogP contribution in [0.15, 0.2) is 66.7 Å². The molecule has 0 aliphatic carbocycles. The van der Waals surface area contributed by atoms with Gasteiger partial charge in [0.2, 0.25) is 0 Å². The van der Waals surface area contributed by atoms with Gasteiger partial charge in [0.05, 0.1) is 11.6 Å². The van der Waals surface area contributed by atoms with Gasteiger partial charge in [-0.1, -0.05) is 85.1 Å². The molecule has 0 saturated carbocycles. The van der Waals surface area contributed by atoms with Gasteiger partial charge in [-0.3, -0.25) is 0 Å². The Morgan fingerprint density at radius 2 is 1.62 bits per heavy atom. The van der Waals surface area contributed by atoms with Crippen molar-refractivity contribution in [2.45, 2.75) is 52.8 Å². The summed E-state index contributed by atoms with van der Waals surface area (Å²) in [6.07, 6.45) is 2.19. The van der Waals surface area contributed by atoms with Crippen LogP contribution in [0.2, 0.25) is 5.02 Å². The molecule has 0 saturated heterocycles. The van der Waals surface area contributed by atoms with E-state index in [2.05, 4.69) is 73.8 Å². The molecule has 0 aliphatic rings. The number of halogens is 2. The van der Waals surface area contributed by atoms with Crippen molar-refractivity contribution in [1.29, 1.82) is 0 Å². The Morgan fingerprint density at radius 3 is 2.28 bits per heavy atom. The van der Waals surface area contributed by atoms with Gasteiger partial charge >= 0.3 is 0 Å². The van der Waals surface area contributed by atoms with Crippen molar-refractivity contribution in [2.75, 3.05) is 6.61 Å². The topological polar surface area (TPSA) is 30.5 Å². The number of hydrogen-bond donors (Lipinski definition) is 1. The van der Waals surface area contributed by atoms with Crippen molar-refractivity contribution >= 4 is 24.0 Å². The Balaban J connectivity index is 0.00000363. The number of hydrogen-bond acceptors (Lipinski definition) is 3.